The number of benzene rings is 1. The number of hydrogen-bond donors (Lipinski definition) is 0. The second-order valence-electron chi connectivity index (χ2n) is 25.4. The predicted molar refractivity (Wildman–Crippen MR) is 303 cm³/mol. The molecule has 0 saturated heterocycles. The van der Waals surface area contributed by atoms with Crippen molar-refractivity contribution < 1.29 is 0 Å². The first-order valence-electron chi connectivity index (χ1n) is 30.9. The zero-order valence-electron chi connectivity index (χ0n) is 46.6. The van der Waals surface area contributed by atoms with Crippen molar-refractivity contribution in [3.05, 3.63) is 53.1 Å². The minimum absolute atomic E-state index is 0.215. The van der Waals surface area contributed by atoms with Crippen molar-refractivity contribution in [1.82, 2.24) is 4.57 Å². The van der Waals surface area contributed by atoms with E-state index >= 15 is 0 Å². The molecule has 4 unspecified atom stereocenters. The Labute approximate surface area is 421 Å². The second kappa shape index (κ2) is 30.7. The van der Waals surface area contributed by atoms with Gasteiger partial charge in [-0.05, 0) is 98.4 Å². The molecule has 384 valence electrons. The standard InChI is InChI=1S/C65H115NSi/c1-9-11-13-15-17-19-21-23-25-27-29-31-33-35-37-44-50-65(51-45-38-36-34-32-30-28-26-24-22-20-18-16-14-12-10-2)61-49-43-42-48-58(61)60-54-59-56(53-62(60)65)52-55(3)63(59)67(7,8)66(64(4,5)6)57-46-40-39-41-47-57/h42-43,48-49,53-57,59,63H,9-41,44-47,50-52H2,1-8H3. The van der Waals surface area contributed by atoms with Gasteiger partial charge in [0.2, 0.25) is 0 Å². The molecule has 4 aliphatic carbocycles. The Kier molecular flexibility index (Phi) is 26.0. The third-order valence-corrected chi connectivity index (χ3v) is 23.3. The highest BCUT2D eigenvalue weighted by Crippen LogP contribution is 2.63. The summed E-state index contributed by atoms with van der Waals surface area (Å²) in [5, 5.41) is 0. The van der Waals surface area contributed by atoms with Crippen molar-refractivity contribution in [3.63, 3.8) is 0 Å². The van der Waals surface area contributed by atoms with E-state index in [-0.39, 0.29) is 11.0 Å². The molecule has 0 radical (unpaired) electrons. The van der Waals surface area contributed by atoms with E-state index in [4.69, 9.17) is 0 Å². The minimum atomic E-state index is -1.82. The third kappa shape index (κ3) is 17.3. The smallest absolute Gasteiger partial charge is 0.127 e. The lowest BCUT2D eigenvalue weighted by molar-refractivity contribution is 0.139. The molecule has 0 amide bonds. The largest absolute Gasteiger partial charge is 0.316 e. The van der Waals surface area contributed by atoms with Gasteiger partial charge in [-0.15, -0.1) is 0 Å². The van der Waals surface area contributed by atoms with Gasteiger partial charge >= 0.3 is 0 Å². The fourth-order valence-corrected chi connectivity index (χ4v) is 21.5. The molecule has 0 aliphatic heterocycles. The first kappa shape index (κ1) is 56.8. The Morgan fingerprint density at radius 3 is 1.36 bits per heavy atom. The molecule has 1 nitrogen and oxygen atoms in total. The Hall–Kier alpha value is -1.12. The van der Waals surface area contributed by atoms with Gasteiger partial charge in [-0.25, -0.2) is 0 Å². The SMILES string of the molecule is CCCCCCCCCCCCCCCCCCC1(CCCCCCCCCCCCCCCCCC)C2=CC3CC(C)C([Si](C)(C)N(C4CCCCC4)C(C)(C)C)C3C=C2c2ccccc21. The molecule has 0 spiro atoms. The molecule has 2 fully saturated rings. The van der Waals surface area contributed by atoms with Crippen LogP contribution in [-0.4, -0.2) is 24.4 Å². The molecular formula is C65H115NSi. The summed E-state index contributed by atoms with van der Waals surface area (Å²) in [5.41, 5.74) is 8.08. The van der Waals surface area contributed by atoms with Crippen LogP contribution in [0.4, 0.5) is 0 Å². The zero-order valence-corrected chi connectivity index (χ0v) is 47.6. The van der Waals surface area contributed by atoms with E-state index in [0.717, 1.165) is 17.5 Å². The van der Waals surface area contributed by atoms with E-state index in [1.807, 2.05) is 0 Å². The van der Waals surface area contributed by atoms with Gasteiger partial charge < -0.3 is 4.57 Å². The van der Waals surface area contributed by atoms with Gasteiger partial charge in [-0.1, -0.05) is 295 Å². The van der Waals surface area contributed by atoms with Gasteiger partial charge in [-0.2, -0.15) is 0 Å². The fourth-order valence-electron chi connectivity index (χ4n) is 15.5. The van der Waals surface area contributed by atoms with Gasteiger partial charge in [0.15, 0.2) is 0 Å². The topological polar surface area (TPSA) is 3.24 Å². The fraction of sp³-hybridized carbons (Fsp3) is 0.846. The normalized spacial score (nSPS) is 21.7. The summed E-state index contributed by atoms with van der Waals surface area (Å²) >= 11 is 0. The lowest BCUT2D eigenvalue weighted by Gasteiger charge is -2.56. The van der Waals surface area contributed by atoms with Crippen LogP contribution in [-0.2, 0) is 5.41 Å². The van der Waals surface area contributed by atoms with Crippen LogP contribution in [0.3, 0.4) is 0 Å². The highest BCUT2D eigenvalue weighted by atomic mass is 28.3. The lowest BCUT2D eigenvalue weighted by atomic mass is 9.68. The Morgan fingerprint density at radius 2 is 0.940 bits per heavy atom. The molecule has 2 saturated carbocycles. The van der Waals surface area contributed by atoms with Crippen molar-refractivity contribution >= 4 is 13.8 Å². The third-order valence-electron chi connectivity index (χ3n) is 18.5. The van der Waals surface area contributed by atoms with E-state index in [1.54, 1.807) is 22.3 Å². The van der Waals surface area contributed by atoms with Crippen LogP contribution in [0.2, 0.25) is 18.6 Å². The van der Waals surface area contributed by atoms with Crippen molar-refractivity contribution in [1.29, 1.82) is 0 Å². The number of fused-ring (bicyclic) bond motifs is 4. The van der Waals surface area contributed by atoms with Gasteiger partial charge in [0.05, 0.1) is 0 Å². The van der Waals surface area contributed by atoms with Crippen molar-refractivity contribution in [3.8, 4) is 0 Å². The van der Waals surface area contributed by atoms with Crippen LogP contribution < -0.4 is 0 Å². The summed E-state index contributed by atoms with van der Waals surface area (Å²) in [6, 6.07) is 10.7. The van der Waals surface area contributed by atoms with Crippen molar-refractivity contribution in [2.45, 2.75) is 334 Å². The highest BCUT2D eigenvalue weighted by Gasteiger charge is 2.56. The molecule has 5 rings (SSSR count). The van der Waals surface area contributed by atoms with Crippen LogP contribution in [0, 0.1) is 17.8 Å². The van der Waals surface area contributed by atoms with Crippen molar-refractivity contribution in [2.24, 2.45) is 17.8 Å². The number of allylic oxidation sites excluding steroid dienone is 4. The molecule has 0 bridgehead atoms. The average molecular weight is 939 g/mol. The van der Waals surface area contributed by atoms with Gasteiger partial charge in [0, 0.05) is 17.0 Å². The zero-order chi connectivity index (χ0) is 47.8. The minimum Gasteiger partial charge on any atom is -0.316 e. The first-order valence-corrected chi connectivity index (χ1v) is 33.9. The molecule has 0 aromatic heterocycles. The van der Waals surface area contributed by atoms with Gasteiger partial charge in [0.25, 0.3) is 0 Å². The van der Waals surface area contributed by atoms with Crippen LogP contribution in [0.15, 0.2) is 42.0 Å². The number of nitrogens with zero attached hydrogens (tertiary/aromatic N) is 1. The molecule has 2 heteroatoms. The van der Waals surface area contributed by atoms with Gasteiger partial charge in [0.1, 0.15) is 8.24 Å². The molecule has 4 atom stereocenters. The second-order valence-corrected chi connectivity index (χ2v) is 29.8. The molecule has 67 heavy (non-hydrogen) atoms. The summed E-state index contributed by atoms with van der Waals surface area (Å²) in [7, 11) is -1.82. The Morgan fingerprint density at radius 1 is 0.537 bits per heavy atom. The molecule has 0 heterocycles. The Balaban J connectivity index is 1.19. The van der Waals surface area contributed by atoms with Crippen LogP contribution in [0.25, 0.3) is 5.57 Å². The van der Waals surface area contributed by atoms with Crippen LogP contribution in [0.5, 0.6) is 0 Å². The molecule has 1 aromatic rings. The summed E-state index contributed by atoms with van der Waals surface area (Å²) in [4.78, 5) is 0. The maximum absolute atomic E-state index is 3.20. The predicted octanol–water partition coefficient (Wildman–Crippen LogP) is 21.8. The summed E-state index contributed by atoms with van der Waals surface area (Å²) in [6.07, 6.45) is 63.5. The van der Waals surface area contributed by atoms with E-state index in [1.165, 1.54) is 257 Å². The van der Waals surface area contributed by atoms with E-state index in [2.05, 4.69) is 95.6 Å². The van der Waals surface area contributed by atoms with E-state index < -0.39 is 8.24 Å². The maximum Gasteiger partial charge on any atom is 0.127 e. The summed E-state index contributed by atoms with van der Waals surface area (Å²) in [5.74, 6) is 2.20. The Bertz CT molecular complexity index is 1480. The highest BCUT2D eigenvalue weighted by molar-refractivity contribution is 6.76. The summed E-state index contributed by atoms with van der Waals surface area (Å²) in [6.45, 7) is 20.6. The quantitative estimate of drug-likeness (QED) is 0.0475. The van der Waals surface area contributed by atoms with Crippen LogP contribution >= 0.6 is 0 Å². The van der Waals surface area contributed by atoms with Gasteiger partial charge in [-0.3, -0.25) is 0 Å². The monoisotopic (exact) mass is 938 g/mol. The van der Waals surface area contributed by atoms with Crippen molar-refractivity contribution in [2.75, 3.05) is 0 Å². The number of unbranched alkanes of at least 4 members (excludes halogenated alkanes) is 30. The van der Waals surface area contributed by atoms with Crippen LogP contribution in [0.1, 0.15) is 310 Å². The molecule has 1 aromatic carbocycles. The molecular weight excluding hydrogens is 823 g/mol. The number of rotatable bonds is 37. The summed E-state index contributed by atoms with van der Waals surface area (Å²) < 4.78 is 3.20. The number of hydrogen-bond acceptors (Lipinski definition) is 1. The molecule has 4 aliphatic rings. The first-order chi connectivity index (χ1) is 32.6. The van der Waals surface area contributed by atoms with E-state index in [9.17, 15) is 0 Å². The average Bonchev–Trinajstić information content (AvgIpc) is 3.78. The lowest BCUT2D eigenvalue weighted by Crippen LogP contribution is -2.65. The maximum atomic E-state index is 3.20. The molecule has 0 N–H and O–H groups in total. The van der Waals surface area contributed by atoms with E-state index in [0.29, 0.717) is 11.8 Å².